The van der Waals surface area contributed by atoms with E-state index in [-0.39, 0.29) is 11.0 Å². The Hall–Kier alpha value is -2.74. The fourth-order valence-electron chi connectivity index (χ4n) is 3.85. The molecule has 0 atom stereocenters. The lowest BCUT2D eigenvalue weighted by Crippen LogP contribution is -2.36. The number of aromatic nitrogens is 2. The molecule has 0 radical (unpaired) electrons. The van der Waals surface area contributed by atoms with E-state index < -0.39 is 0 Å². The first-order chi connectivity index (χ1) is 15.0. The highest BCUT2D eigenvalue weighted by Crippen LogP contribution is 2.22. The van der Waals surface area contributed by atoms with Crippen molar-refractivity contribution in [2.24, 2.45) is 0 Å². The van der Waals surface area contributed by atoms with Gasteiger partial charge in [0.2, 0.25) is 0 Å². The molecule has 0 aliphatic carbocycles. The molecule has 8 heteroatoms. The molecule has 6 nitrogen and oxygen atoms in total. The maximum absolute atomic E-state index is 12.9. The Morgan fingerprint density at radius 1 is 1.16 bits per heavy atom. The van der Waals surface area contributed by atoms with Crippen LogP contribution in [-0.2, 0) is 19.5 Å². The van der Waals surface area contributed by atoms with Crippen LogP contribution >= 0.6 is 27.5 Å². The van der Waals surface area contributed by atoms with Crippen molar-refractivity contribution < 1.29 is 4.42 Å². The van der Waals surface area contributed by atoms with E-state index >= 15 is 0 Å². The van der Waals surface area contributed by atoms with E-state index in [9.17, 15) is 9.59 Å². The van der Waals surface area contributed by atoms with Crippen LogP contribution in [0.25, 0.3) is 22.4 Å². The van der Waals surface area contributed by atoms with Crippen molar-refractivity contribution in [3.8, 4) is 11.4 Å². The largest absolute Gasteiger partial charge is 0.464 e. The van der Waals surface area contributed by atoms with Crippen LogP contribution in [0.15, 0.2) is 67.2 Å². The van der Waals surface area contributed by atoms with Gasteiger partial charge in [-0.3, -0.25) is 14.5 Å². The standard InChI is InChI=1S/C23H17BrClN3O3/c24-15-3-6-20-17(9-15)21(29)14(12-31-20)10-28-8-7-19-18(11-28)23(30)27-22(26-19)13-1-4-16(25)5-2-13/h1-6,9,12H,7-8,10-11H2,(H,26,27,30). The molecule has 156 valence electrons. The Kier molecular flexibility index (Phi) is 5.25. The Morgan fingerprint density at radius 2 is 1.97 bits per heavy atom. The van der Waals surface area contributed by atoms with Gasteiger partial charge in [-0.1, -0.05) is 27.5 Å². The van der Waals surface area contributed by atoms with Gasteiger partial charge in [-0.15, -0.1) is 0 Å². The fourth-order valence-corrected chi connectivity index (χ4v) is 4.34. The van der Waals surface area contributed by atoms with Crippen LogP contribution in [-0.4, -0.2) is 21.4 Å². The SMILES string of the molecule is O=c1[nH]c(-c2ccc(Cl)cc2)nc2c1CN(Cc1coc3ccc(Br)cc3c1=O)CC2. The summed E-state index contributed by atoms with van der Waals surface area (Å²) in [6, 6.07) is 12.6. The number of benzene rings is 2. The van der Waals surface area contributed by atoms with E-state index in [0.717, 1.165) is 15.7 Å². The van der Waals surface area contributed by atoms with E-state index in [1.54, 1.807) is 24.3 Å². The van der Waals surface area contributed by atoms with Crippen LogP contribution in [0.1, 0.15) is 16.8 Å². The second-order valence-corrected chi connectivity index (χ2v) is 8.89. The lowest BCUT2D eigenvalue weighted by Gasteiger charge is -2.27. The van der Waals surface area contributed by atoms with Gasteiger partial charge in [0.1, 0.15) is 11.4 Å². The number of H-pyrrole nitrogens is 1. The topological polar surface area (TPSA) is 79.2 Å². The minimum Gasteiger partial charge on any atom is -0.464 e. The van der Waals surface area contributed by atoms with E-state index in [4.69, 9.17) is 16.0 Å². The zero-order valence-electron chi connectivity index (χ0n) is 16.3. The minimum absolute atomic E-state index is 0.0570. The first kappa shape index (κ1) is 20.2. The molecule has 2 aromatic carbocycles. The Balaban J connectivity index is 1.42. The first-order valence-corrected chi connectivity index (χ1v) is 11.0. The van der Waals surface area contributed by atoms with Crippen LogP contribution in [0.5, 0.6) is 0 Å². The average molecular weight is 499 g/mol. The summed E-state index contributed by atoms with van der Waals surface area (Å²) < 4.78 is 6.47. The Labute approximate surface area is 190 Å². The van der Waals surface area contributed by atoms with Crippen molar-refractivity contribution >= 4 is 38.5 Å². The predicted molar refractivity (Wildman–Crippen MR) is 123 cm³/mol. The summed E-state index contributed by atoms with van der Waals surface area (Å²) >= 11 is 9.35. The van der Waals surface area contributed by atoms with Gasteiger partial charge in [-0.05, 0) is 42.5 Å². The minimum atomic E-state index is -0.158. The molecule has 1 aliphatic rings. The molecule has 5 rings (SSSR count). The molecule has 0 unspecified atom stereocenters. The van der Waals surface area contributed by atoms with Gasteiger partial charge >= 0.3 is 0 Å². The Bertz CT molecular complexity index is 1410. The van der Waals surface area contributed by atoms with Crippen molar-refractivity contribution in [2.75, 3.05) is 6.54 Å². The molecular formula is C23H17BrClN3O3. The summed E-state index contributed by atoms with van der Waals surface area (Å²) in [5, 5.41) is 1.17. The first-order valence-electron chi connectivity index (χ1n) is 9.78. The van der Waals surface area contributed by atoms with E-state index in [0.29, 0.717) is 59.0 Å². The number of rotatable bonds is 3. The number of nitrogens with zero attached hydrogens (tertiary/aromatic N) is 2. The van der Waals surface area contributed by atoms with Gasteiger partial charge in [0.25, 0.3) is 5.56 Å². The quantitative estimate of drug-likeness (QED) is 0.449. The van der Waals surface area contributed by atoms with Gasteiger partial charge in [0.05, 0.1) is 22.9 Å². The normalized spacial score (nSPS) is 14.0. The van der Waals surface area contributed by atoms with Crippen molar-refractivity contribution in [3.63, 3.8) is 0 Å². The van der Waals surface area contributed by atoms with Crippen LogP contribution in [0, 0.1) is 0 Å². The number of hydrogen-bond acceptors (Lipinski definition) is 5. The third-order valence-electron chi connectivity index (χ3n) is 5.47. The Morgan fingerprint density at radius 3 is 2.77 bits per heavy atom. The molecule has 1 aliphatic heterocycles. The highest BCUT2D eigenvalue weighted by atomic mass is 79.9. The molecule has 2 aromatic heterocycles. The zero-order valence-corrected chi connectivity index (χ0v) is 18.7. The number of nitrogens with one attached hydrogen (secondary N) is 1. The number of aromatic amines is 1. The summed E-state index contributed by atoms with van der Waals surface area (Å²) in [4.78, 5) is 35.3. The zero-order chi connectivity index (χ0) is 21.5. The van der Waals surface area contributed by atoms with Crippen molar-refractivity contribution in [2.45, 2.75) is 19.5 Å². The molecule has 1 N–H and O–H groups in total. The molecular weight excluding hydrogens is 482 g/mol. The molecule has 4 aromatic rings. The monoisotopic (exact) mass is 497 g/mol. The maximum Gasteiger partial charge on any atom is 0.255 e. The van der Waals surface area contributed by atoms with Crippen LogP contribution < -0.4 is 11.0 Å². The molecule has 0 amide bonds. The number of halogens is 2. The van der Waals surface area contributed by atoms with Gasteiger partial charge < -0.3 is 9.40 Å². The number of fused-ring (bicyclic) bond motifs is 2. The molecule has 0 saturated heterocycles. The third kappa shape index (κ3) is 3.96. The molecule has 0 bridgehead atoms. The molecule has 0 spiro atoms. The summed E-state index contributed by atoms with van der Waals surface area (Å²) in [5.41, 5.74) is 3.14. The summed E-state index contributed by atoms with van der Waals surface area (Å²) in [6.07, 6.45) is 2.14. The summed E-state index contributed by atoms with van der Waals surface area (Å²) in [7, 11) is 0. The van der Waals surface area contributed by atoms with Crippen LogP contribution in [0.3, 0.4) is 0 Å². The van der Waals surface area contributed by atoms with Gasteiger partial charge in [-0.2, -0.15) is 0 Å². The van der Waals surface area contributed by atoms with E-state index in [1.807, 2.05) is 18.2 Å². The highest BCUT2D eigenvalue weighted by Gasteiger charge is 2.23. The summed E-state index contributed by atoms with van der Waals surface area (Å²) in [6.45, 7) is 1.52. The van der Waals surface area contributed by atoms with Crippen LogP contribution in [0.4, 0.5) is 0 Å². The van der Waals surface area contributed by atoms with Gasteiger partial charge in [0.15, 0.2) is 5.43 Å². The van der Waals surface area contributed by atoms with E-state index in [2.05, 4.69) is 30.8 Å². The van der Waals surface area contributed by atoms with Crippen molar-refractivity contribution in [1.82, 2.24) is 14.9 Å². The second kappa shape index (κ2) is 8.07. The number of hydrogen-bond donors (Lipinski definition) is 1. The predicted octanol–water partition coefficient (Wildman–Crippen LogP) is 4.52. The smallest absolute Gasteiger partial charge is 0.255 e. The average Bonchev–Trinajstić information content (AvgIpc) is 2.77. The molecule has 31 heavy (non-hydrogen) atoms. The second-order valence-electron chi connectivity index (χ2n) is 7.54. The third-order valence-corrected chi connectivity index (χ3v) is 6.21. The van der Waals surface area contributed by atoms with E-state index in [1.165, 1.54) is 6.26 Å². The molecule has 0 fully saturated rings. The lowest BCUT2D eigenvalue weighted by atomic mass is 10.1. The lowest BCUT2D eigenvalue weighted by molar-refractivity contribution is 0.239. The fraction of sp³-hybridized carbons (Fsp3) is 0.174. The maximum atomic E-state index is 12.9. The van der Waals surface area contributed by atoms with Gasteiger partial charge in [-0.25, -0.2) is 4.98 Å². The molecule has 0 saturated carbocycles. The van der Waals surface area contributed by atoms with Gasteiger partial charge in [0, 0.05) is 46.7 Å². The van der Waals surface area contributed by atoms with Crippen molar-refractivity contribution in [3.05, 3.63) is 95.6 Å². The summed E-state index contributed by atoms with van der Waals surface area (Å²) in [5.74, 6) is 0.537. The van der Waals surface area contributed by atoms with Crippen molar-refractivity contribution in [1.29, 1.82) is 0 Å². The van der Waals surface area contributed by atoms with Crippen LogP contribution in [0.2, 0.25) is 5.02 Å². The highest BCUT2D eigenvalue weighted by molar-refractivity contribution is 9.10. The molecule has 3 heterocycles.